The highest BCUT2D eigenvalue weighted by molar-refractivity contribution is 5.73. The zero-order valence-corrected chi connectivity index (χ0v) is 12.3. The minimum absolute atomic E-state index is 0.126. The Morgan fingerprint density at radius 3 is 2.47 bits per heavy atom. The van der Waals surface area contributed by atoms with Gasteiger partial charge in [0, 0.05) is 38.0 Å². The van der Waals surface area contributed by atoms with Gasteiger partial charge in [0.15, 0.2) is 0 Å². The van der Waals surface area contributed by atoms with E-state index in [0.717, 1.165) is 13.0 Å². The van der Waals surface area contributed by atoms with E-state index >= 15 is 0 Å². The van der Waals surface area contributed by atoms with Crippen LogP contribution in [0.25, 0.3) is 0 Å². The van der Waals surface area contributed by atoms with Gasteiger partial charge in [-0.25, -0.2) is 0 Å². The number of hydrogen-bond acceptors (Lipinski definition) is 3. The van der Waals surface area contributed by atoms with Crippen LogP contribution in [0.1, 0.15) is 52.4 Å². The Bertz CT molecular complexity index is 301. The molecule has 0 aromatic heterocycles. The lowest BCUT2D eigenvalue weighted by molar-refractivity contribution is -0.132. The molecule has 0 aromatic carbocycles. The van der Waals surface area contributed by atoms with Crippen LogP contribution in [0.15, 0.2) is 0 Å². The summed E-state index contributed by atoms with van der Waals surface area (Å²) in [7, 11) is 0. The molecule has 3 unspecified atom stereocenters. The van der Waals surface area contributed by atoms with Crippen molar-refractivity contribution in [3.8, 4) is 0 Å². The smallest absolute Gasteiger partial charge is 0.219 e. The molecule has 1 aliphatic heterocycles. The van der Waals surface area contributed by atoms with Gasteiger partial charge >= 0.3 is 0 Å². The van der Waals surface area contributed by atoms with Crippen molar-refractivity contribution >= 4 is 5.91 Å². The maximum absolute atomic E-state index is 11.6. The van der Waals surface area contributed by atoms with Gasteiger partial charge in [-0.3, -0.25) is 4.79 Å². The lowest BCUT2D eigenvalue weighted by atomic mass is 9.88. The van der Waals surface area contributed by atoms with E-state index in [0.29, 0.717) is 18.6 Å². The summed E-state index contributed by atoms with van der Waals surface area (Å²) in [4.78, 5) is 13.5. The molecule has 3 atom stereocenters. The van der Waals surface area contributed by atoms with Crippen LogP contribution in [0.5, 0.6) is 0 Å². The van der Waals surface area contributed by atoms with E-state index in [-0.39, 0.29) is 17.9 Å². The number of nitrogens with zero attached hydrogens (tertiary/aromatic N) is 1. The molecule has 1 amide bonds. The lowest BCUT2D eigenvalue weighted by Crippen LogP contribution is -2.54. The maximum Gasteiger partial charge on any atom is 0.219 e. The Morgan fingerprint density at radius 1 is 1.21 bits per heavy atom. The van der Waals surface area contributed by atoms with Crippen LogP contribution in [0, 0.1) is 5.92 Å². The van der Waals surface area contributed by atoms with Gasteiger partial charge in [0.1, 0.15) is 0 Å². The lowest BCUT2D eigenvalue weighted by Gasteiger charge is -2.40. The van der Waals surface area contributed by atoms with E-state index in [1.165, 1.54) is 32.1 Å². The van der Waals surface area contributed by atoms with Crippen molar-refractivity contribution < 1.29 is 9.90 Å². The number of rotatable bonds is 3. The summed E-state index contributed by atoms with van der Waals surface area (Å²) < 4.78 is 0. The monoisotopic (exact) mass is 268 g/mol. The summed E-state index contributed by atoms with van der Waals surface area (Å²) in [5.74, 6) is 0.333. The molecule has 0 aromatic rings. The molecule has 2 N–H and O–H groups in total. The van der Waals surface area contributed by atoms with Crippen LogP contribution < -0.4 is 5.32 Å². The molecule has 0 bridgehead atoms. The Balaban J connectivity index is 1.92. The van der Waals surface area contributed by atoms with E-state index in [1.54, 1.807) is 6.92 Å². The molecule has 2 fully saturated rings. The number of nitrogens with one attached hydrogen (secondary N) is 1. The number of carbonyl (C=O) groups excluding carboxylic acids is 1. The predicted molar refractivity (Wildman–Crippen MR) is 75.8 cm³/mol. The quantitative estimate of drug-likeness (QED) is 0.816. The first-order valence-electron chi connectivity index (χ1n) is 7.76. The average Bonchev–Trinajstić information content (AvgIpc) is 2.39. The van der Waals surface area contributed by atoms with Crippen LogP contribution in [0.3, 0.4) is 0 Å². The molecule has 2 rings (SSSR count). The summed E-state index contributed by atoms with van der Waals surface area (Å²) >= 11 is 0. The second-order valence-corrected chi connectivity index (χ2v) is 6.36. The topological polar surface area (TPSA) is 52.6 Å². The molecule has 0 spiro atoms. The highest BCUT2D eigenvalue weighted by atomic mass is 16.3. The molecule has 1 saturated heterocycles. The fourth-order valence-corrected chi connectivity index (χ4v) is 3.47. The van der Waals surface area contributed by atoms with E-state index in [4.69, 9.17) is 0 Å². The molecule has 1 aliphatic carbocycles. The van der Waals surface area contributed by atoms with Gasteiger partial charge in [-0.15, -0.1) is 0 Å². The number of amides is 1. The predicted octanol–water partition coefficient (Wildman–Crippen LogP) is 1.53. The number of piperidine rings is 1. The van der Waals surface area contributed by atoms with Crippen molar-refractivity contribution in [3.05, 3.63) is 0 Å². The number of carbonyl (C=O) groups is 1. The minimum Gasteiger partial charge on any atom is -0.393 e. The highest BCUT2D eigenvalue weighted by Crippen LogP contribution is 2.23. The van der Waals surface area contributed by atoms with Crippen molar-refractivity contribution in [1.82, 2.24) is 10.2 Å². The third-order valence-corrected chi connectivity index (χ3v) is 4.69. The van der Waals surface area contributed by atoms with Crippen molar-refractivity contribution in [2.24, 2.45) is 5.92 Å². The SMILES string of the molecule is CC(=O)N1CC(NC2CCCCC2)CC(C(C)O)C1. The van der Waals surface area contributed by atoms with E-state index in [2.05, 4.69) is 5.32 Å². The van der Waals surface area contributed by atoms with Crippen LogP contribution in [0.2, 0.25) is 0 Å². The Morgan fingerprint density at radius 2 is 1.89 bits per heavy atom. The van der Waals surface area contributed by atoms with Gasteiger partial charge in [0.25, 0.3) is 0 Å². The first-order valence-corrected chi connectivity index (χ1v) is 7.76. The zero-order chi connectivity index (χ0) is 13.8. The van der Waals surface area contributed by atoms with Crippen LogP contribution in [-0.2, 0) is 4.79 Å². The summed E-state index contributed by atoms with van der Waals surface area (Å²) in [6.45, 7) is 4.97. The summed E-state index contributed by atoms with van der Waals surface area (Å²) in [5.41, 5.74) is 0. The van der Waals surface area contributed by atoms with Gasteiger partial charge in [-0.05, 0) is 26.2 Å². The molecular formula is C15H28N2O2. The normalized spacial score (nSPS) is 31.2. The summed E-state index contributed by atoms with van der Waals surface area (Å²) in [6, 6.07) is 0.959. The fourth-order valence-electron chi connectivity index (χ4n) is 3.47. The average molecular weight is 268 g/mol. The van der Waals surface area contributed by atoms with Crippen molar-refractivity contribution in [1.29, 1.82) is 0 Å². The third-order valence-electron chi connectivity index (χ3n) is 4.69. The maximum atomic E-state index is 11.6. The Labute approximate surface area is 116 Å². The van der Waals surface area contributed by atoms with Crippen molar-refractivity contribution in [3.63, 3.8) is 0 Å². The molecule has 4 nitrogen and oxygen atoms in total. The molecular weight excluding hydrogens is 240 g/mol. The van der Waals surface area contributed by atoms with Crippen LogP contribution in [0.4, 0.5) is 0 Å². The van der Waals surface area contributed by atoms with Crippen LogP contribution in [-0.4, -0.2) is 47.2 Å². The Hall–Kier alpha value is -0.610. The highest BCUT2D eigenvalue weighted by Gasteiger charge is 2.32. The zero-order valence-electron chi connectivity index (χ0n) is 12.3. The molecule has 1 saturated carbocycles. The molecule has 19 heavy (non-hydrogen) atoms. The van der Waals surface area contributed by atoms with Gasteiger partial charge < -0.3 is 15.3 Å². The second kappa shape index (κ2) is 6.71. The van der Waals surface area contributed by atoms with E-state index < -0.39 is 0 Å². The van der Waals surface area contributed by atoms with E-state index in [9.17, 15) is 9.90 Å². The van der Waals surface area contributed by atoms with Crippen molar-refractivity contribution in [2.75, 3.05) is 13.1 Å². The van der Waals surface area contributed by atoms with E-state index in [1.807, 2.05) is 11.8 Å². The number of aliphatic hydroxyl groups excluding tert-OH is 1. The molecule has 2 aliphatic rings. The second-order valence-electron chi connectivity index (χ2n) is 6.36. The molecule has 1 heterocycles. The van der Waals surface area contributed by atoms with Crippen molar-refractivity contribution in [2.45, 2.75) is 70.6 Å². The number of likely N-dealkylation sites (tertiary alicyclic amines) is 1. The molecule has 110 valence electrons. The number of hydrogen-bond donors (Lipinski definition) is 2. The Kier molecular flexibility index (Phi) is 5.22. The largest absolute Gasteiger partial charge is 0.393 e. The summed E-state index contributed by atoms with van der Waals surface area (Å²) in [5, 5.41) is 13.6. The van der Waals surface area contributed by atoms with Gasteiger partial charge in [-0.2, -0.15) is 0 Å². The minimum atomic E-state index is -0.335. The molecule has 4 heteroatoms. The van der Waals surface area contributed by atoms with Gasteiger partial charge in [0.05, 0.1) is 6.10 Å². The van der Waals surface area contributed by atoms with Gasteiger partial charge in [-0.1, -0.05) is 19.3 Å². The standard InChI is InChI=1S/C15H28N2O2/c1-11(18)13-8-15(10-17(9-13)12(2)19)16-14-6-4-3-5-7-14/h11,13-16,18H,3-10H2,1-2H3. The fraction of sp³-hybridized carbons (Fsp3) is 0.933. The first kappa shape index (κ1) is 14.8. The number of aliphatic hydroxyl groups is 1. The van der Waals surface area contributed by atoms with Crippen LogP contribution >= 0.6 is 0 Å². The van der Waals surface area contributed by atoms with Gasteiger partial charge in [0.2, 0.25) is 5.91 Å². The third kappa shape index (κ3) is 4.18. The summed E-state index contributed by atoms with van der Waals surface area (Å²) in [6.07, 6.45) is 7.17. The first-order chi connectivity index (χ1) is 9.06. The molecule has 0 radical (unpaired) electrons.